The van der Waals surface area contributed by atoms with Gasteiger partial charge < -0.3 is 5.11 Å². The topological polar surface area (TPSA) is 38.0 Å². The lowest BCUT2D eigenvalue weighted by Gasteiger charge is -2.11. The van der Waals surface area contributed by atoms with Gasteiger partial charge in [-0.2, -0.15) is 5.10 Å². The second-order valence-electron chi connectivity index (χ2n) is 4.09. The summed E-state index contributed by atoms with van der Waals surface area (Å²) in [6, 6.07) is 4.43. The van der Waals surface area contributed by atoms with E-state index in [0.717, 1.165) is 21.2 Å². The molecule has 0 aliphatic heterocycles. The molecule has 0 aliphatic carbocycles. The van der Waals surface area contributed by atoms with Crippen LogP contribution >= 0.6 is 22.6 Å². The summed E-state index contributed by atoms with van der Waals surface area (Å²) in [6.07, 6.45) is 3.52. The molecule has 0 fully saturated rings. The van der Waals surface area contributed by atoms with Gasteiger partial charge in [0, 0.05) is 22.7 Å². The maximum Gasteiger partial charge on any atom is 0.124 e. The van der Waals surface area contributed by atoms with E-state index in [0.29, 0.717) is 6.42 Å². The SMILES string of the molecule is CCn1cc(CC(O)c2ccc(F)cc2I)cn1. The number of benzene rings is 1. The molecule has 2 aromatic rings. The van der Waals surface area contributed by atoms with E-state index in [1.807, 2.05) is 40.4 Å². The summed E-state index contributed by atoms with van der Waals surface area (Å²) in [5, 5.41) is 14.3. The molecular weight excluding hydrogens is 346 g/mol. The smallest absolute Gasteiger partial charge is 0.124 e. The van der Waals surface area contributed by atoms with E-state index >= 15 is 0 Å². The number of aliphatic hydroxyl groups excluding tert-OH is 1. The number of rotatable bonds is 4. The van der Waals surface area contributed by atoms with Gasteiger partial charge in [-0.05, 0) is 52.8 Å². The van der Waals surface area contributed by atoms with Crippen molar-refractivity contribution >= 4 is 22.6 Å². The second-order valence-corrected chi connectivity index (χ2v) is 5.25. The van der Waals surface area contributed by atoms with Crippen molar-refractivity contribution in [1.82, 2.24) is 9.78 Å². The summed E-state index contributed by atoms with van der Waals surface area (Å²) >= 11 is 2.04. The minimum Gasteiger partial charge on any atom is -0.388 e. The maximum atomic E-state index is 13.0. The van der Waals surface area contributed by atoms with Crippen molar-refractivity contribution in [2.75, 3.05) is 0 Å². The van der Waals surface area contributed by atoms with Gasteiger partial charge in [0.15, 0.2) is 0 Å². The molecule has 1 aromatic heterocycles. The third kappa shape index (κ3) is 3.08. The molecule has 1 atom stereocenters. The van der Waals surface area contributed by atoms with E-state index in [9.17, 15) is 9.50 Å². The van der Waals surface area contributed by atoms with Crippen LogP contribution in [0.2, 0.25) is 0 Å². The van der Waals surface area contributed by atoms with E-state index in [1.54, 1.807) is 12.3 Å². The average Bonchev–Trinajstić information content (AvgIpc) is 2.76. The zero-order chi connectivity index (χ0) is 13.1. The van der Waals surface area contributed by atoms with Gasteiger partial charge >= 0.3 is 0 Å². The van der Waals surface area contributed by atoms with Crippen LogP contribution in [0.25, 0.3) is 0 Å². The highest BCUT2D eigenvalue weighted by Gasteiger charge is 2.13. The predicted octanol–water partition coefficient (Wildman–Crippen LogP) is 2.92. The third-order valence-corrected chi connectivity index (χ3v) is 3.70. The molecule has 0 saturated heterocycles. The summed E-state index contributed by atoms with van der Waals surface area (Å²) in [5.41, 5.74) is 1.73. The highest BCUT2D eigenvalue weighted by Crippen LogP contribution is 2.24. The van der Waals surface area contributed by atoms with Crippen LogP contribution in [0.15, 0.2) is 30.6 Å². The summed E-state index contributed by atoms with van der Waals surface area (Å²) < 4.78 is 15.5. The number of aryl methyl sites for hydroxylation is 1. The first-order chi connectivity index (χ1) is 8.60. The number of hydrogen-bond acceptors (Lipinski definition) is 2. The van der Waals surface area contributed by atoms with Crippen LogP contribution in [0.5, 0.6) is 0 Å². The molecule has 0 spiro atoms. The quantitative estimate of drug-likeness (QED) is 0.852. The molecule has 1 N–H and O–H groups in total. The molecule has 0 amide bonds. The van der Waals surface area contributed by atoms with E-state index in [2.05, 4.69) is 5.10 Å². The van der Waals surface area contributed by atoms with Crippen LogP contribution in [0.3, 0.4) is 0 Å². The molecule has 2 rings (SSSR count). The molecule has 0 radical (unpaired) electrons. The third-order valence-electron chi connectivity index (χ3n) is 2.76. The molecule has 0 aliphatic rings. The Labute approximate surface area is 119 Å². The van der Waals surface area contributed by atoms with Crippen LogP contribution in [-0.2, 0) is 13.0 Å². The fraction of sp³-hybridized carbons (Fsp3) is 0.308. The van der Waals surface area contributed by atoms with Crippen molar-refractivity contribution in [3.05, 3.63) is 51.1 Å². The standard InChI is InChI=1S/C13H14FIN2O/c1-2-17-8-9(7-16-17)5-13(18)11-4-3-10(14)6-12(11)15/h3-4,6-8,13,18H,2,5H2,1H3. The largest absolute Gasteiger partial charge is 0.388 e. The first-order valence-electron chi connectivity index (χ1n) is 5.74. The van der Waals surface area contributed by atoms with Gasteiger partial charge in [-0.1, -0.05) is 6.07 Å². The lowest BCUT2D eigenvalue weighted by molar-refractivity contribution is 0.177. The Morgan fingerprint density at radius 1 is 1.50 bits per heavy atom. The summed E-state index contributed by atoms with van der Waals surface area (Å²) in [6.45, 7) is 2.82. The van der Waals surface area contributed by atoms with Crippen molar-refractivity contribution in [2.24, 2.45) is 0 Å². The van der Waals surface area contributed by atoms with Crippen molar-refractivity contribution in [3.8, 4) is 0 Å². The lowest BCUT2D eigenvalue weighted by atomic mass is 10.0. The Kier molecular flexibility index (Phi) is 4.34. The van der Waals surface area contributed by atoms with Crippen LogP contribution in [0, 0.1) is 9.39 Å². The number of hydrogen-bond donors (Lipinski definition) is 1. The van der Waals surface area contributed by atoms with Crippen molar-refractivity contribution in [2.45, 2.75) is 26.0 Å². The van der Waals surface area contributed by atoms with Gasteiger partial charge in [0.25, 0.3) is 0 Å². The molecule has 1 unspecified atom stereocenters. The normalized spacial score (nSPS) is 12.7. The van der Waals surface area contributed by atoms with E-state index < -0.39 is 6.10 Å². The number of nitrogens with zero attached hydrogens (tertiary/aromatic N) is 2. The van der Waals surface area contributed by atoms with Crippen molar-refractivity contribution in [3.63, 3.8) is 0 Å². The lowest BCUT2D eigenvalue weighted by Crippen LogP contribution is -2.04. The zero-order valence-corrected chi connectivity index (χ0v) is 12.1. The number of aliphatic hydroxyl groups is 1. The van der Waals surface area contributed by atoms with Gasteiger partial charge in [-0.15, -0.1) is 0 Å². The van der Waals surface area contributed by atoms with E-state index in [4.69, 9.17) is 0 Å². The Balaban J connectivity index is 2.13. The molecule has 18 heavy (non-hydrogen) atoms. The summed E-state index contributed by atoms with van der Waals surface area (Å²) in [7, 11) is 0. The minimum absolute atomic E-state index is 0.283. The Morgan fingerprint density at radius 3 is 2.89 bits per heavy atom. The van der Waals surface area contributed by atoms with Crippen LogP contribution in [0.1, 0.15) is 24.2 Å². The average molecular weight is 360 g/mol. The monoisotopic (exact) mass is 360 g/mol. The van der Waals surface area contributed by atoms with Gasteiger partial charge in [-0.25, -0.2) is 4.39 Å². The van der Waals surface area contributed by atoms with E-state index in [-0.39, 0.29) is 5.82 Å². The van der Waals surface area contributed by atoms with Crippen LogP contribution < -0.4 is 0 Å². The minimum atomic E-state index is -0.632. The van der Waals surface area contributed by atoms with Crippen molar-refractivity contribution < 1.29 is 9.50 Å². The first-order valence-corrected chi connectivity index (χ1v) is 6.82. The molecule has 0 bridgehead atoms. The van der Waals surface area contributed by atoms with E-state index in [1.165, 1.54) is 12.1 Å². The molecular formula is C13H14FIN2O. The zero-order valence-electron chi connectivity index (χ0n) is 9.98. The highest BCUT2D eigenvalue weighted by atomic mass is 127. The van der Waals surface area contributed by atoms with Crippen LogP contribution in [-0.4, -0.2) is 14.9 Å². The van der Waals surface area contributed by atoms with Gasteiger partial charge in [0.1, 0.15) is 5.82 Å². The fourth-order valence-corrected chi connectivity index (χ4v) is 2.63. The molecule has 5 heteroatoms. The Bertz CT molecular complexity index is 542. The second kappa shape index (κ2) is 5.79. The van der Waals surface area contributed by atoms with Gasteiger partial charge in [0.2, 0.25) is 0 Å². The molecule has 1 heterocycles. The van der Waals surface area contributed by atoms with Crippen molar-refractivity contribution in [1.29, 1.82) is 0 Å². The molecule has 96 valence electrons. The molecule has 3 nitrogen and oxygen atoms in total. The number of halogens is 2. The maximum absolute atomic E-state index is 13.0. The van der Waals surface area contributed by atoms with Gasteiger partial charge in [-0.3, -0.25) is 4.68 Å². The number of aromatic nitrogens is 2. The first kappa shape index (κ1) is 13.5. The molecule has 1 aromatic carbocycles. The Morgan fingerprint density at radius 2 is 2.28 bits per heavy atom. The summed E-state index contributed by atoms with van der Waals surface area (Å²) in [4.78, 5) is 0. The van der Waals surface area contributed by atoms with Gasteiger partial charge in [0.05, 0.1) is 12.3 Å². The predicted molar refractivity (Wildman–Crippen MR) is 75.7 cm³/mol. The van der Waals surface area contributed by atoms with Crippen LogP contribution in [0.4, 0.5) is 4.39 Å². The fourth-order valence-electron chi connectivity index (χ4n) is 1.79. The molecule has 0 saturated carbocycles. The Hall–Kier alpha value is -0.950. The highest BCUT2D eigenvalue weighted by molar-refractivity contribution is 14.1. The summed E-state index contributed by atoms with van der Waals surface area (Å²) in [5.74, 6) is -0.283.